The van der Waals surface area contributed by atoms with Crippen LogP contribution in [0.25, 0.3) is 0 Å². The molecule has 4 heteroatoms. The van der Waals surface area contributed by atoms with Gasteiger partial charge < -0.3 is 5.73 Å². The average Bonchev–Trinajstić information content (AvgIpc) is 2.29. The molecule has 0 heterocycles. The summed E-state index contributed by atoms with van der Waals surface area (Å²) >= 11 is 1.36. The Morgan fingerprint density at radius 1 is 1.41 bits per heavy atom. The van der Waals surface area contributed by atoms with Crippen LogP contribution < -0.4 is 5.73 Å². The summed E-state index contributed by atoms with van der Waals surface area (Å²) in [5.41, 5.74) is 5.39. The zero-order chi connectivity index (χ0) is 13.4. The Bertz CT molecular complexity index is 257. The molecule has 0 saturated heterocycles. The van der Waals surface area contributed by atoms with Crippen LogP contribution >= 0.6 is 11.8 Å². The second-order valence-electron chi connectivity index (χ2n) is 3.40. The molecule has 2 N–H and O–H groups in total. The first kappa shape index (κ1) is 18.2. The SMILES string of the molecule is C=C(/C=C\C)CCCCCCSC#N.NC=O. The number of nitrogens with zero attached hydrogens (tertiary/aromatic N) is 1. The fourth-order valence-electron chi connectivity index (χ4n) is 1.24. The van der Waals surface area contributed by atoms with Gasteiger partial charge >= 0.3 is 0 Å². The number of thiocyanates is 1. The molecule has 0 unspecified atom stereocenters. The Hall–Kier alpha value is -1.21. The number of unbranched alkanes of at least 4 members (excludes halogenated alkanes) is 3. The van der Waals surface area contributed by atoms with Gasteiger partial charge in [0.05, 0.1) is 0 Å². The monoisotopic (exact) mass is 254 g/mol. The molecule has 0 rings (SSSR count). The lowest BCUT2D eigenvalue weighted by Crippen LogP contribution is -1.82. The zero-order valence-corrected chi connectivity index (χ0v) is 11.3. The van der Waals surface area contributed by atoms with E-state index in [1.807, 2.05) is 13.0 Å². The van der Waals surface area contributed by atoms with E-state index in [1.54, 1.807) is 0 Å². The van der Waals surface area contributed by atoms with Crippen LogP contribution in [-0.2, 0) is 4.79 Å². The van der Waals surface area contributed by atoms with Crippen LogP contribution in [0.2, 0.25) is 0 Å². The van der Waals surface area contributed by atoms with E-state index in [2.05, 4.69) is 23.8 Å². The third-order valence-electron chi connectivity index (χ3n) is 1.96. The summed E-state index contributed by atoms with van der Waals surface area (Å²) in [5, 5.41) is 10.4. The molecule has 0 aromatic carbocycles. The number of nitrogens with two attached hydrogens (primary N) is 1. The maximum Gasteiger partial charge on any atom is 0.204 e. The van der Waals surface area contributed by atoms with Crippen LogP contribution in [-0.4, -0.2) is 12.2 Å². The molecule has 0 aliphatic carbocycles. The number of carbonyl (C=O) groups excluding carboxylic acids is 1. The third kappa shape index (κ3) is 20.8. The number of allylic oxidation sites excluding steroid dienone is 3. The molecule has 0 bridgehead atoms. The van der Waals surface area contributed by atoms with Crippen molar-refractivity contribution < 1.29 is 4.79 Å². The van der Waals surface area contributed by atoms with E-state index in [9.17, 15) is 0 Å². The standard InChI is InChI=1S/C12H19NS.CH3NO/c1-3-8-12(2)9-6-4-5-7-10-14-11-13;2-1-3/h3,8H,2,4-7,9-10H2,1H3;1H,(H2,2,3)/b8-3-;. The fraction of sp³-hybridized carbons (Fsp3) is 0.538. The van der Waals surface area contributed by atoms with Crippen molar-refractivity contribution >= 4 is 18.2 Å². The van der Waals surface area contributed by atoms with Crippen molar-refractivity contribution in [2.75, 3.05) is 5.75 Å². The summed E-state index contributed by atoms with van der Waals surface area (Å²) in [4.78, 5) is 8.58. The normalized spacial score (nSPS) is 9.18. The Balaban J connectivity index is 0. The lowest BCUT2D eigenvalue weighted by Gasteiger charge is -2.00. The minimum atomic E-state index is 0.250. The summed E-state index contributed by atoms with van der Waals surface area (Å²) in [6.07, 6.45) is 10.3. The quantitative estimate of drug-likeness (QED) is 0.312. The molecule has 17 heavy (non-hydrogen) atoms. The molecule has 96 valence electrons. The Labute approximate surface area is 109 Å². The summed E-state index contributed by atoms with van der Waals surface area (Å²) in [5.74, 6) is 0.978. The highest BCUT2D eigenvalue weighted by atomic mass is 32.2. The molecule has 0 aromatic rings. The average molecular weight is 254 g/mol. The number of hydrogen-bond acceptors (Lipinski definition) is 3. The van der Waals surface area contributed by atoms with Gasteiger partial charge in [0, 0.05) is 5.75 Å². The lowest BCUT2D eigenvalue weighted by atomic mass is 10.1. The summed E-state index contributed by atoms with van der Waals surface area (Å²) in [6, 6.07) is 0. The number of carbonyl (C=O) groups is 1. The van der Waals surface area contributed by atoms with Crippen molar-refractivity contribution in [3.63, 3.8) is 0 Å². The highest BCUT2D eigenvalue weighted by Crippen LogP contribution is 2.11. The first-order valence-corrected chi connectivity index (χ1v) is 6.68. The van der Waals surface area contributed by atoms with E-state index < -0.39 is 0 Å². The molecular weight excluding hydrogens is 232 g/mol. The van der Waals surface area contributed by atoms with Crippen molar-refractivity contribution in [3.05, 3.63) is 24.3 Å². The second-order valence-corrected chi connectivity index (χ2v) is 4.28. The maximum atomic E-state index is 8.58. The minimum absolute atomic E-state index is 0.250. The topological polar surface area (TPSA) is 66.9 Å². The smallest absolute Gasteiger partial charge is 0.204 e. The van der Waals surface area contributed by atoms with Crippen LogP contribution in [0.1, 0.15) is 39.0 Å². The highest BCUT2D eigenvalue weighted by molar-refractivity contribution is 8.03. The van der Waals surface area contributed by atoms with E-state index in [4.69, 9.17) is 10.1 Å². The molecule has 0 saturated carbocycles. The number of primary amides is 1. The number of amides is 1. The fourth-order valence-corrected chi connectivity index (χ4v) is 1.68. The van der Waals surface area contributed by atoms with Crippen molar-refractivity contribution in [1.29, 1.82) is 5.26 Å². The Morgan fingerprint density at radius 2 is 2.00 bits per heavy atom. The van der Waals surface area contributed by atoms with Gasteiger partial charge in [0.15, 0.2) is 0 Å². The van der Waals surface area contributed by atoms with Gasteiger partial charge in [0.25, 0.3) is 0 Å². The minimum Gasteiger partial charge on any atom is -0.372 e. The molecule has 0 aliphatic rings. The lowest BCUT2D eigenvalue weighted by molar-refractivity contribution is -0.106. The van der Waals surface area contributed by atoms with Crippen molar-refractivity contribution in [2.24, 2.45) is 5.73 Å². The van der Waals surface area contributed by atoms with Crippen LogP contribution in [0.3, 0.4) is 0 Å². The highest BCUT2D eigenvalue weighted by Gasteiger charge is 1.92. The van der Waals surface area contributed by atoms with Gasteiger partial charge in [-0.2, -0.15) is 5.26 Å². The molecular formula is C13H22N2OS. The van der Waals surface area contributed by atoms with Crippen LogP contribution in [0, 0.1) is 10.7 Å². The zero-order valence-electron chi connectivity index (χ0n) is 10.5. The van der Waals surface area contributed by atoms with Crippen LogP contribution in [0.5, 0.6) is 0 Å². The largest absolute Gasteiger partial charge is 0.372 e. The van der Waals surface area contributed by atoms with E-state index >= 15 is 0 Å². The van der Waals surface area contributed by atoms with Gasteiger partial charge in [-0.05, 0) is 37.9 Å². The van der Waals surface area contributed by atoms with Crippen LogP contribution in [0.4, 0.5) is 0 Å². The first-order chi connectivity index (χ1) is 8.22. The van der Waals surface area contributed by atoms with E-state index in [0.717, 1.165) is 18.6 Å². The molecule has 0 aromatic heterocycles. The summed E-state index contributed by atoms with van der Waals surface area (Å²) < 4.78 is 0. The van der Waals surface area contributed by atoms with Gasteiger partial charge in [0.1, 0.15) is 5.40 Å². The summed E-state index contributed by atoms with van der Waals surface area (Å²) in [7, 11) is 0. The van der Waals surface area contributed by atoms with Gasteiger partial charge in [-0.15, -0.1) is 0 Å². The van der Waals surface area contributed by atoms with Gasteiger partial charge in [-0.3, -0.25) is 4.79 Å². The molecule has 1 amide bonds. The van der Waals surface area contributed by atoms with Crippen molar-refractivity contribution in [2.45, 2.75) is 39.0 Å². The molecule has 0 atom stereocenters. The number of hydrogen-bond donors (Lipinski definition) is 1. The van der Waals surface area contributed by atoms with Gasteiger partial charge in [0.2, 0.25) is 6.41 Å². The molecule has 0 aliphatic heterocycles. The van der Waals surface area contributed by atoms with Gasteiger partial charge in [-0.25, -0.2) is 0 Å². The predicted octanol–water partition coefficient (Wildman–Crippen LogP) is 3.38. The third-order valence-corrected chi connectivity index (χ3v) is 2.58. The predicted molar refractivity (Wildman–Crippen MR) is 75.4 cm³/mol. The molecule has 0 radical (unpaired) electrons. The van der Waals surface area contributed by atoms with Crippen LogP contribution in [0.15, 0.2) is 24.3 Å². The first-order valence-electron chi connectivity index (χ1n) is 5.69. The van der Waals surface area contributed by atoms with E-state index in [-0.39, 0.29) is 6.41 Å². The Kier molecular flexibility index (Phi) is 18.4. The van der Waals surface area contributed by atoms with Crippen molar-refractivity contribution in [1.82, 2.24) is 0 Å². The molecule has 3 nitrogen and oxygen atoms in total. The van der Waals surface area contributed by atoms with E-state index in [1.165, 1.54) is 36.6 Å². The number of rotatable bonds is 8. The molecule has 0 fully saturated rings. The number of thioether (sulfide) groups is 1. The second kappa shape index (κ2) is 17.2. The van der Waals surface area contributed by atoms with E-state index in [0.29, 0.717) is 0 Å². The number of nitriles is 1. The van der Waals surface area contributed by atoms with Gasteiger partial charge in [-0.1, -0.05) is 37.1 Å². The Morgan fingerprint density at radius 3 is 2.53 bits per heavy atom. The summed E-state index contributed by atoms with van der Waals surface area (Å²) in [6.45, 7) is 5.98. The maximum absolute atomic E-state index is 8.58. The van der Waals surface area contributed by atoms with Crippen molar-refractivity contribution in [3.8, 4) is 5.40 Å². The molecule has 0 spiro atoms.